The number of hydrogen-bond acceptors (Lipinski definition) is 4. The van der Waals surface area contributed by atoms with Crippen LogP contribution in [0.3, 0.4) is 0 Å². The van der Waals surface area contributed by atoms with Gasteiger partial charge >= 0.3 is 0 Å². The molecule has 1 aliphatic heterocycles. The summed E-state index contributed by atoms with van der Waals surface area (Å²) in [7, 11) is 1.62. The molecule has 0 fully saturated rings. The second kappa shape index (κ2) is 6.96. The van der Waals surface area contributed by atoms with Gasteiger partial charge in [0.15, 0.2) is 12.4 Å². The number of nitrogens with zero attached hydrogens (tertiary/aromatic N) is 2. The maximum atomic E-state index is 12.3. The molecule has 0 aliphatic carbocycles. The van der Waals surface area contributed by atoms with Crippen molar-refractivity contribution in [3.8, 4) is 5.75 Å². The zero-order valence-electron chi connectivity index (χ0n) is 12.9. The molecular formula is C18H18N2O3. The molecule has 0 N–H and O–H groups in total. The first-order valence-corrected chi connectivity index (χ1v) is 7.43. The van der Waals surface area contributed by atoms with Gasteiger partial charge in [0.25, 0.3) is 5.91 Å². The van der Waals surface area contributed by atoms with E-state index in [-0.39, 0.29) is 12.5 Å². The molecule has 0 saturated heterocycles. The Hall–Kier alpha value is -2.82. The number of amidine groups is 1. The van der Waals surface area contributed by atoms with E-state index in [0.29, 0.717) is 18.8 Å². The Morgan fingerprint density at radius 2 is 1.87 bits per heavy atom. The summed E-state index contributed by atoms with van der Waals surface area (Å²) in [5.41, 5.74) is 2.01. The maximum absolute atomic E-state index is 12.3. The van der Waals surface area contributed by atoms with Crippen LogP contribution in [0.5, 0.6) is 5.75 Å². The molecule has 5 nitrogen and oxygen atoms in total. The number of amides is 1. The fourth-order valence-corrected chi connectivity index (χ4v) is 2.52. The molecule has 0 radical (unpaired) electrons. The Morgan fingerprint density at radius 3 is 2.65 bits per heavy atom. The van der Waals surface area contributed by atoms with E-state index < -0.39 is 0 Å². The largest absolute Gasteiger partial charge is 0.496 e. The average Bonchev–Trinajstić information content (AvgIpc) is 2.59. The molecule has 1 heterocycles. The highest BCUT2D eigenvalue weighted by atomic mass is 16.6. The lowest BCUT2D eigenvalue weighted by atomic mass is 10.1. The summed E-state index contributed by atoms with van der Waals surface area (Å²) in [4.78, 5) is 19.0. The van der Waals surface area contributed by atoms with Crippen molar-refractivity contribution < 1.29 is 14.4 Å². The second-order valence-corrected chi connectivity index (χ2v) is 5.24. The van der Waals surface area contributed by atoms with Crippen LogP contribution >= 0.6 is 0 Å². The zero-order valence-corrected chi connectivity index (χ0v) is 12.9. The third kappa shape index (κ3) is 3.51. The van der Waals surface area contributed by atoms with E-state index in [1.165, 1.54) is 0 Å². The number of oxime groups is 1. The van der Waals surface area contributed by atoms with Crippen molar-refractivity contribution in [3.63, 3.8) is 0 Å². The molecule has 0 unspecified atom stereocenters. The van der Waals surface area contributed by atoms with Crippen LogP contribution in [0, 0.1) is 0 Å². The second-order valence-electron chi connectivity index (χ2n) is 5.24. The van der Waals surface area contributed by atoms with Gasteiger partial charge in [-0.3, -0.25) is 9.69 Å². The SMILES string of the molecule is COc1ccccc1CN1C(=O)CON=C1Cc1ccccc1. The predicted molar refractivity (Wildman–Crippen MR) is 87.1 cm³/mol. The third-order valence-corrected chi connectivity index (χ3v) is 3.70. The number of rotatable bonds is 5. The van der Waals surface area contributed by atoms with Gasteiger partial charge in [-0.1, -0.05) is 53.7 Å². The molecule has 1 amide bonds. The number of carbonyl (C=O) groups excluding carboxylic acids is 1. The normalized spacial score (nSPS) is 14.2. The smallest absolute Gasteiger partial charge is 0.269 e. The molecule has 0 aromatic heterocycles. The molecule has 1 aliphatic rings. The summed E-state index contributed by atoms with van der Waals surface area (Å²) in [5, 5.41) is 4.09. The molecule has 0 saturated carbocycles. The van der Waals surface area contributed by atoms with Gasteiger partial charge in [0.05, 0.1) is 13.7 Å². The van der Waals surface area contributed by atoms with Crippen LogP contribution in [0.25, 0.3) is 0 Å². The highest BCUT2D eigenvalue weighted by Crippen LogP contribution is 2.21. The lowest BCUT2D eigenvalue weighted by molar-refractivity contribution is -0.135. The van der Waals surface area contributed by atoms with Crippen LogP contribution in [-0.2, 0) is 22.6 Å². The lowest BCUT2D eigenvalue weighted by Gasteiger charge is -2.27. The first-order chi connectivity index (χ1) is 11.3. The Balaban J connectivity index is 1.83. The third-order valence-electron chi connectivity index (χ3n) is 3.70. The lowest BCUT2D eigenvalue weighted by Crippen LogP contribution is -2.42. The van der Waals surface area contributed by atoms with Crippen LogP contribution < -0.4 is 4.74 Å². The van der Waals surface area contributed by atoms with Crippen LogP contribution in [0.2, 0.25) is 0 Å². The Bertz CT molecular complexity index is 713. The van der Waals surface area contributed by atoms with Crippen molar-refractivity contribution in [2.75, 3.05) is 13.7 Å². The van der Waals surface area contributed by atoms with Crippen LogP contribution in [0.4, 0.5) is 0 Å². The van der Waals surface area contributed by atoms with Crippen LogP contribution in [0.15, 0.2) is 59.8 Å². The maximum Gasteiger partial charge on any atom is 0.269 e. The van der Waals surface area contributed by atoms with Gasteiger partial charge in [0.1, 0.15) is 5.75 Å². The minimum absolute atomic E-state index is 0.0343. The summed E-state index contributed by atoms with van der Waals surface area (Å²) in [5.74, 6) is 1.26. The number of carbonyl (C=O) groups is 1. The Morgan fingerprint density at radius 1 is 1.13 bits per heavy atom. The van der Waals surface area contributed by atoms with Crippen molar-refractivity contribution in [2.24, 2.45) is 5.16 Å². The van der Waals surface area contributed by atoms with E-state index in [2.05, 4.69) is 5.16 Å². The Kier molecular flexibility index (Phi) is 4.57. The number of methoxy groups -OCH3 is 1. The summed E-state index contributed by atoms with van der Waals surface area (Å²) in [6.07, 6.45) is 0.543. The summed E-state index contributed by atoms with van der Waals surface area (Å²) in [6.45, 7) is 0.380. The molecule has 2 aromatic carbocycles. The van der Waals surface area contributed by atoms with E-state index >= 15 is 0 Å². The van der Waals surface area contributed by atoms with E-state index in [4.69, 9.17) is 9.57 Å². The number of hydrogen-bond donors (Lipinski definition) is 0. The monoisotopic (exact) mass is 310 g/mol. The quantitative estimate of drug-likeness (QED) is 0.853. The fourth-order valence-electron chi connectivity index (χ4n) is 2.52. The van der Waals surface area contributed by atoms with Crippen LogP contribution in [-0.4, -0.2) is 30.4 Å². The van der Waals surface area contributed by atoms with Gasteiger partial charge in [0, 0.05) is 12.0 Å². The minimum atomic E-state index is -0.100. The number of para-hydroxylation sites is 1. The van der Waals surface area contributed by atoms with Crippen molar-refractivity contribution in [3.05, 3.63) is 65.7 Å². The van der Waals surface area contributed by atoms with E-state index in [1.54, 1.807) is 12.0 Å². The van der Waals surface area contributed by atoms with E-state index in [0.717, 1.165) is 16.9 Å². The molecular weight excluding hydrogens is 292 g/mol. The van der Waals surface area contributed by atoms with Crippen molar-refractivity contribution in [1.82, 2.24) is 4.90 Å². The molecule has 2 aromatic rings. The van der Waals surface area contributed by atoms with Gasteiger partial charge in [-0.25, -0.2) is 0 Å². The molecule has 5 heteroatoms. The summed E-state index contributed by atoms with van der Waals surface area (Å²) >= 11 is 0. The van der Waals surface area contributed by atoms with E-state index in [1.807, 2.05) is 54.6 Å². The molecule has 0 spiro atoms. The molecule has 3 rings (SSSR count). The van der Waals surface area contributed by atoms with Gasteiger partial charge in [0.2, 0.25) is 0 Å². The highest BCUT2D eigenvalue weighted by Gasteiger charge is 2.26. The molecule has 118 valence electrons. The molecule has 23 heavy (non-hydrogen) atoms. The fraction of sp³-hybridized carbons (Fsp3) is 0.222. The minimum Gasteiger partial charge on any atom is -0.496 e. The van der Waals surface area contributed by atoms with Crippen molar-refractivity contribution >= 4 is 11.7 Å². The molecule has 0 atom stereocenters. The van der Waals surface area contributed by atoms with Gasteiger partial charge in [-0.2, -0.15) is 0 Å². The number of benzene rings is 2. The van der Waals surface area contributed by atoms with Crippen LogP contribution in [0.1, 0.15) is 11.1 Å². The first-order valence-electron chi connectivity index (χ1n) is 7.43. The first kappa shape index (κ1) is 15.1. The standard InChI is InChI=1S/C18H18N2O3/c1-22-16-10-6-5-9-15(16)12-20-17(19-23-13-18(20)21)11-14-7-3-2-4-8-14/h2-10H,11-13H2,1H3. The topological polar surface area (TPSA) is 51.1 Å². The predicted octanol–water partition coefficient (Wildman–Crippen LogP) is 2.61. The van der Waals surface area contributed by atoms with E-state index in [9.17, 15) is 4.79 Å². The zero-order chi connectivity index (χ0) is 16.1. The van der Waals surface area contributed by atoms with Gasteiger partial charge < -0.3 is 9.57 Å². The van der Waals surface area contributed by atoms with Gasteiger partial charge in [-0.15, -0.1) is 0 Å². The summed E-state index contributed by atoms with van der Waals surface area (Å²) in [6, 6.07) is 17.6. The average molecular weight is 310 g/mol. The highest BCUT2D eigenvalue weighted by molar-refractivity contribution is 6.00. The van der Waals surface area contributed by atoms with Crippen molar-refractivity contribution in [2.45, 2.75) is 13.0 Å². The number of ether oxygens (including phenoxy) is 1. The molecule has 0 bridgehead atoms. The van der Waals surface area contributed by atoms with Crippen molar-refractivity contribution in [1.29, 1.82) is 0 Å². The summed E-state index contributed by atoms with van der Waals surface area (Å²) < 4.78 is 5.37. The van der Waals surface area contributed by atoms with Gasteiger partial charge in [-0.05, 0) is 11.6 Å². The Labute approximate surface area is 135 Å².